The molecule has 0 spiro atoms. The molecule has 20 heavy (non-hydrogen) atoms. The van der Waals surface area contributed by atoms with E-state index < -0.39 is 30.5 Å². The molecule has 0 heterocycles. The number of alkyl halides is 3. The summed E-state index contributed by atoms with van der Waals surface area (Å²) in [5.41, 5.74) is 1.62. The first-order valence-electron chi connectivity index (χ1n) is 5.83. The highest BCUT2D eigenvalue weighted by Gasteiger charge is 2.39. The molecule has 0 aliphatic heterocycles. The Morgan fingerprint density at radius 3 is 2.50 bits per heavy atom. The number of rotatable bonds is 5. The molecule has 0 bridgehead atoms. The summed E-state index contributed by atoms with van der Waals surface area (Å²) in [5.74, 6) is -4.50. The third kappa shape index (κ3) is 4.91. The lowest BCUT2D eigenvalue weighted by atomic mass is 9.98. The Labute approximate surface area is 113 Å². The molecular weight excluding hydrogens is 275 g/mol. The van der Waals surface area contributed by atoms with Crippen LogP contribution in [-0.2, 0) is 16.0 Å². The van der Waals surface area contributed by atoms with Crippen LogP contribution in [-0.4, -0.2) is 29.7 Å². The van der Waals surface area contributed by atoms with E-state index in [0.717, 1.165) is 5.56 Å². The van der Waals surface area contributed by atoms with Crippen LogP contribution in [0.2, 0.25) is 0 Å². The van der Waals surface area contributed by atoms with Crippen LogP contribution in [0.1, 0.15) is 11.1 Å². The summed E-state index contributed by atoms with van der Waals surface area (Å²) in [4.78, 5) is 21.7. The monoisotopic (exact) mass is 289 g/mol. The highest BCUT2D eigenvalue weighted by Crippen LogP contribution is 2.15. The summed E-state index contributed by atoms with van der Waals surface area (Å²) in [7, 11) is 0. The summed E-state index contributed by atoms with van der Waals surface area (Å²) in [6.45, 7) is 1.26. The first-order valence-corrected chi connectivity index (χ1v) is 5.83. The second-order valence-electron chi connectivity index (χ2n) is 4.44. The zero-order valence-corrected chi connectivity index (χ0v) is 10.7. The normalized spacial score (nSPS) is 12.8. The third-order valence-corrected chi connectivity index (χ3v) is 2.68. The standard InChI is InChI=1S/C13H14F3NO3/c1-8-3-2-4-9(5-8)6-10(11(18)19)7-17-12(20)13(14,15)16/h2-5,10H,6-7H2,1H3,(H,17,20)(H,18,19). The largest absolute Gasteiger partial charge is 0.481 e. The minimum Gasteiger partial charge on any atom is -0.481 e. The summed E-state index contributed by atoms with van der Waals surface area (Å²) >= 11 is 0. The number of aryl methyl sites for hydroxylation is 1. The maximum absolute atomic E-state index is 12.0. The van der Waals surface area contributed by atoms with E-state index in [1.807, 2.05) is 13.0 Å². The fraction of sp³-hybridized carbons (Fsp3) is 0.385. The van der Waals surface area contributed by atoms with Crippen molar-refractivity contribution in [2.45, 2.75) is 19.5 Å². The van der Waals surface area contributed by atoms with Gasteiger partial charge in [0, 0.05) is 6.54 Å². The van der Waals surface area contributed by atoms with Gasteiger partial charge in [-0.25, -0.2) is 0 Å². The maximum atomic E-state index is 12.0. The van der Waals surface area contributed by atoms with Gasteiger partial charge in [0.25, 0.3) is 0 Å². The molecule has 0 aliphatic carbocycles. The highest BCUT2D eigenvalue weighted by molar-refractivity contribution is 5.82. The Hall–Kier alpha value is -2.05. The van der Waals surface area contributed by atoms with Gasteiger partial charge in [0.15, 0.2) is 0 Å². The van der Waals surface area contributed by atoms with Crippen LogP contribution in [0.5, 0.6) is 0 Å². The van der Waals surface area contributed by atoms with Gasteiger partial charge in [0.2, 0.25) is 0 Å². The fourth-order valence-electron chi connectivity index (χ4n) is 1.69. The molecular formula is C13H14F3NO3. The molecule has 7 heteroatoms. The van der Waals surface area contributed by atoms with Crippen LogP contribution in [0.25, 0.3) is 0 Å². The topological polar surface area (TPSA) is 66.4 Å². The number of hydrogen-bond donors (Lipinski definition) is 2. The van der Waals surface area contributed by atoms with Gasteiger partial charge in [-0.15, -0.1) is 0 Å². The maximum Gasteiger partial charge on any atom is 0.471 e. The lowest BCUT2D eigenvalue weighted by molar-refractivity contribution is -0.174. The molecule has 1 unspecified atom stereocenters. The van der Waals surface area contributed by atoms with E-state index in [9.17, 15) is 22.8 Å². The van der Waals surface area contributed by atoms with Crippen LogP contribution in [0.15, 0.2) is 24.3 Å². The minimum atomic E-state index is -5.01. The molecule has 110 valence electrons. The summed E-state index contributed by atoms with van der Waals surface area (Å²) < 4.78 is 36.1. The average molecular weight is 289 g/mol. The zero-order valence-electron chi connectivity index (χ0n) is 10.7. The average Bonchev–Trinajstić information content (AvgIpc) is 2.32. The number of benzene rings is 1. The quantitative estimate of drug-likeness (QED) is 0.870. The van der Waals surface area contributed by atoms with Crippen molar-refractivity contribution in [3.63, 3.8) is 0 Å². The summed E-state index contributed by atoms with van der Waals surface area (Å²) in [6, 6.07) is 7.00. The van der Waals surface area contributed by atoms with E-state index >= 15 is 0 Å². The Bertz CT molecular complexity index is 500. The molecule has 0 aromatic heterocycles. The highest BCUT2D eigenvalue weighted by atomic mass is 19.4. The van der Waals surface area contributed by atoms with Gasteiger partial charge in [0.05, 0.1) is 5.92 Å². The van der Waals surface area contributed by atoms with Gasteiger partial charge in [-0.05, 0) is 18.9 Å². The van der Waals surface area contributed by atoms with Crippen molar-refractivity contribution >= 4 is 11.9 Å². The third-order valence-electron chi connectivity index (χ3n) is 2.68. The van der Waals surface area contributed by atoms with Crippen molar-refractivity contribution in [1.29, 1.82) is 0 Å². The number of carboxylic acid groups (broad SMARTS) is 1. The lowest BCUT2D eigenvalue weighted by Gasteiger charge is -2.14. The molecule has 0 aliphatic rings. The Balaban J connectivity index is 2.67. The SMILES string of the molecule is Cc1cccc(CC(CNC(=O)C(F)(F)F)C(=O)O)c1. The van der Waals surface area contributed by atoms with Crippen molar-refractivity contribution in [2.24, 2.45) is 5.92 Å². The van der Waals surface area contributed by atoms with Gasteiger partial charge in [0.1, 0.15) is 0 Å². The van der Waals surface area contributed by atoms with Crippen molar-refractivity contribution < 1.29 is 27.9 Å². The van der Waals surface area contributed by atoms with E-state index in [2.05, 4.69) is 0 Å². The fourth-order valence-corrected chi connectivity index (χ4v) is 1.69. The molecule has 1 rings (SSSR count). The Morgan fingerprint density at radius 1 is 1.35 bits per heavy atom. The minimum absolute atomic E-state index is 0.0507. The Morgan fingerprint density at radius 2 is 2.00 bits per heavy atom. The van der Waals surface area contributed by atoms with Crippen LogP contribution >= 0.6 is 0 Å². The molecule has 0 saturated carbocycles. The molecule has 0 fully saturated rings. The number of amides is 1. The zero-order chi connectivity index (χ0) is 15.3. The molecule has 0 radical (unpaired) electrons. The lowest BCUT2D eigenvalue weighted by Crippen LogP contribution is -2.41. The number of nitrogens with one attached hydrogen (secondary N) is 1. The van der Waals surface area contributed by atoms with Gasteiger partial charge >= 0.3 is 18.1 Å². The van der Waals surface area contributed by atoms with Gasteiger partial charge < -0.3 is 10.4 Å². The van der Waals surface area contributed by atoms with Crippen LogP contribution in [0, 0.1) is 12.8 Å². The molecule has 1 aromatic rings. The molecule has 0 saturated heterocycles. The number of halogens is 3. The van der Waals surface area contributed by atoms with Crippen molar-refractivity contribution in [3.8, 4) is 0 Å². The summed E-state index contributed by atoms with van der Waals surface area (Å²) in [6.07, 6.45) is -4.96. The second kappa shape index (κ2) is 6.40. The van der Waals surface area contributed by atoms with Gasteiger partial charge in [-0.1, -0.05) is 29.8 Å². The van der Waals surface area contributed by atoms with E-state index in [1.54, 1.807) is 23.5 Å². The van der Waals surface area contributed by atoms with E-state index in [1.165, 1.54) is 0 Å². The van der Waals surface area contributed by atoms with Crippen LogP contribution in [0.4, 0.5) is 13.2 Å². The van der Waals surface area contributed by atoms with Crippen molar-refractivity contribution in [1.82, 2.24) is 5.32 Å². The van der Waals surface area contributed by atoms with Gasteiger partial charge in [-0.2, -0.15) is 13.2 Å². The predicted molar refractivity (Wildman–Crippen MR) is 65.1 cm³/mol. The molecule has 1 atom stereocenters. The van der Waals surface area contributed by atoms with Crippen LogP contribution < -0.4 is 5.32 Å². The van der Waals surface area contributed by atoms with Crippen molar-refractivity contribution in [2.75, 3.05) is 6.54 Å². The number of carboxylic acids is 1. The molecule has 4 nitrogen and oxygen atoms in total. The predicted octanol–water partition coefficient (Wildman–Crippen LogP) is 1.92. The van der Waals surface area contributed by atoms with E-state index in [-0.39, 0.29) is 6.42 Å². The Kier molecular flexibility index (Phi) is 5.12. The van der Waals surface area contributed by atoms with Crippen molar-refractivity contribution in [3.05, 3.63) is 35.4 Å². The van der Waals surface area contributed by atoms with E-state index in [0.29, 0.717) is 5.56 Å². The number of hydrogen-bond acceptors (Lipinski definition) is 2. The molecule has 1 aromatic carbocycles. The molecule has 1 amide bonds. The number of carbonyl (C=O) groups is 2. The molecule has 2 N–H and O–H groups in total. The second-order valence-corrected chi connectivity index (χ2v) is 4.44. The number of carbonyl (C=O) groups excluding carboxylic acids is 1. The summed E-state index contributed by atoms with van der Waals surface area (Å²) in [5, 5.41) is 10.6. The smallest absolute Gasteiger partial charge is 0.471 e. The first kappa shape index (κ1) is 16.0. The first-order chi connectivity index (χ1) is 9.20. The van der Waals surface area contributed by atoms with E-state index in [4.69, 9.17) is 5.11 Å². The van der Waals surface area contributed by atoms with Crippen LogP contribution in [0.3, 0.4) is 0 Å². The number of aliphatic carboxylic acids is 1. The van der Waals surface area contributed by atoms with Gasteiger partial charge in [-0.3, -0.25) is 9.59 Å².